The summed E-state index contributed by atoms with van der Waals surface area (Å²) in [6.45, 7) is 5.67. The van der Waals surface area contributed by atoms with Crippen LogP contribution in [0.3, 0.4) is 0 Å². The molecule has 17 heavy (non-hydrogen) atoms. The zero-order valence-electron chi connectivity index (χ0n) is 11.1. The second-order valence-electron chi connectivity index (χ2n) is 3.44. The molecule has 4 heteroatoms. The highest BCUT2D eigenvalue weighted by atomic mass is 28.4. The van der Waals surface area contributed by atoms with Crippen molar-refractivity contribution in [3.8, 4) is 0 Å². The minimum absolute atomic E-state index is 0.649. The highest BCUT2D eigenvalue weighted by Gasteiger charge is 2.35. The molecule has 0 aliphatic rings. The van der Waals surface area contributed by atoms with E-state index in [1.807, 2.05) is 18.2 Å². The van der Waals surface area contributed by atoms with Gasteiger partial charge in [0.1, 0.15) is 0 Å². The Hall–Kier alpha value is -0.943. The summed E-state index contributed by atoms with van der Waals surface area (Å²) in [6.07, 6.45) is 1.74. The largest absolute Gasteiger partial charge is 0.504 e. The van der Waals surface area contributed by atoms with E-state index in [4.69, 9.17) is 13.3 Å². The predicted octanol–water partition coefficient (Wildman–Crippen LogP) is 3.05. The molecule has 0 heterocycles. The molecule has 0 aliphatic heterocycles. The van der Waals surface area contributed by atoms with Crippen LogP contribution in [0.1, 0.15) is 5.56 Å². The Labute approximate surface area is 105 Å². The van der Waals surface area contributed by atoms with Crippen molar-refractivity contribution in [2.45, 2.75) is 13.0 Å². The van der Waals surface area contributed by atoms with E-state index in [9.17, 15) is 0 Å². The maximum Gasteiger partial charge on any atom is 0.504 e. The molecule has 1 aromatic carbocycles. The number of hydrogen-bond donors (Lipinski definition) is 0. The average molecular weight is 254 g/mol. The van der Waals surface area contributed by atoms with E-state index < -0.39 is 8.80 Å². The Morgan fingerprint density at radius 3 is 1.71 bits per heavy atom. The summed E-state index contributed by atoms with van der Waals surface area (Å²) in [5, 5.41) is 0. The summed E-state index contributed by atoms with van der Waals surface area (Å²) < 4.78 is 15.3. The van der Waals surface area contributed by atoms with E-state index in [-0.39, 0.29) is 0 Å². The molecular formula is C13H22O3Si. The molecule has 0 saturated heterocycles. The Morgan fingerprint density at radius 1 is 1.06 bits per heavy atom. The topological polar surface area (TPSA) is 27.7 Å². The molecular weight excluding hydrogens is 232 g/mol. The van der Waals surface area contributed by atoms with Crippen molar-refractivity contribution in [1.29, 1.82) is 0 Å². The fourth-order valence-electron chi connectivity index (χ4n) is 1.21. The van der Waals surface area contributed by atoms with E-state index in [0.717, 1.165) is 0 Å². The maximum atomic E-state index is 5.10. The molecule has 1 aromatic rings. The van der Waals surface area contributed by atoms with Gasteiger partial charge in [0, 0.05) is 27.4 Å². The van der Waals surface area contributed by atoms with Gasteiger partial charge in [-0.25, -0.2) is 0 Å². The van der Waals surface area contributed by atoms with Crippen LogP contribution in [-0.2, 0) is 13.3 Å². The predicted molar refractivity (Wildman–Crippen MR) is 73.0 cm³/mol. The number of rotatable bonds is 5. The molecule has 0 aromatic heterocycles. The van der Waals surface area contributed by atoms with Crippen LogP contribution in [-0.4, -0.2) is 30.1 Å². The first-order valence-corrected chi connectivity index (χ1v) is 7.35. The van der Waals surface area contributed by atoms with Gasteiger partial charge in [0.05, 0.1) is 0 Å². The number of aryl methyl sites for hydroxylation is 1. The van der Waals surface area contributed by atoms with E-state index in [1.54, 1.807) is 27.4 Å². The van der Waals surface area contributed by atoms with Gasteiger partial charge in [-0.3, -0.25) is 0 Å². The summed E-state index contributed by atoms with van der Waals surface area (Å²) in [4.78, 5) is 0. The lowest BCUT2D eigenvalue weighted by molar-refractivity contribution is 0.127. The first kappa shape index (κ1) is 16.1. The van der Waals surface area contributed by atoms with E-state index in [1.165, 1.54) is 5.56 Å². The summed E-state index contributed by atoms with van der Waals surface area (Å²) >= 11 is 0. The van der Waals surface area contributed by atoms with Crippen LogP contribution in [0.15, 0.2) is 43.0 Å². The quantitative estimate of drug-likeness (QED) is 0.597. The van der Waals surface area contributed by atoms with Crippen molar-refractivity contribution in [2.24, 2.45) is 0 Å². The lowest BCUT2D eigenvalue weighted by Gasteiger charge is -2.22. The fraction of sp³-hybridized carbons (Fsp3) is 0.385. The van der Waals surface area contributed by atoms with Crippen LogP contribution in [0, 0.1) is 6.92 Å². The van der Waals surface area contributed by atoms with Crippen LogP contribution in [0.2, 0.25) is 6.04 Å². The first-order chi connectivity index (χ1) is 8.14. The fourth-order valence-corrected chi connectivity index (χ4v) is 2.56. The third-order valence-corrected chi connectivity index (χ3v) is 4.92. The molecule has 0 aliphatic carbocycles. The second kappa shape index (κ2) is 9.12. The van der Waals surface area contributed by atoms with Gasteiger partial charge in [0.2, 0.25) is 0 Å². The summed E-state index contributed by atoms with van der Waals surface area (Å²) in [5.74, 6) is 0. The normalized spacial score (nSPS) is 10.4. The van der Waals surface area contributed by atoms with Gasteiger partial charge in [0.25, 0.3) is 0 Å². The van der Waals surface area contributed by atoms with Crippen molar-refractivity contribution >= 4 is 8.80 Å². The van der Waals surface area contributed by atoms with Crippen LogP contribution in [0.4, 0.5) is 0 Å². The molecule has 0 radical (unpaired) electrons. The van der Waals surface area contributed by atoms with Crippen LogP contribution in [0.5, 0.6) is 0 Å². The number of allylic oxidation sites excluding steroid dienone is 1. The number of benzene rings is 1. The minimum atomic E-state index is -2.34. The van der Waals surface area contributed by atoms with Crippen LogP contribution >= 0.6 is 0 Å². The van der Waals surface area contributed by atoms with Crippen molar-refractivity contribution in [3.05, 3.63) is 48.6 Å². The van der Waals surface area contributed by atoms with Gasteiger partial charge in [-0.2, -0.15) is 0 Å². The Balaban J connectivity index is 0.000000318. The molecule has 3 nitrogen and oxygen atoms in total. The van der Waals surface area contributed by atoms with Crippen molar-refractivity contribution in [3.63, 3.8) is 0 Å². The zero-order valence-corrected chi connectivity index (χ0v) is 12.1. The third-order valence-electron chi connectivity index (χ3n) is 2.27. The van der Waals surface area contributed by atoms with Gasteiger partial charge >= 0.3 is 8.80 Å². The Morgan fingerprint density at radius 2 is 1.53 bits per heavy atom. The average Bonchev–Trinajstić information content (AvgIpc) is 2.38. The molecule has 0 N–H and O–H groups in total. The smallest absolute Gasteiger partial charge is 0.377 e. The summed E-state index contributed by atoms with van der Waals surface area (Å²) in [6, 6.07) is 10.9. The standard InChI is InChI=1S/C7H8.C6H14O3Si/c1-7-5-3-2-4-6-7;1-5-6-10(7-2,8-3)9-4/h2-6H,1H3;5H,1,6H2,2-4H3. The second-order valence-corrected chi connectivity index (χ2v) is 6.44. The highest BCUT2D eigenvalue weighted by Crippen LogP contribution is 2.11. The maximum absolute atomic E-state index is 5.10. The van der Waals surface area contributed by atoms with E-state index in [0.29, 0.717) is 6.04 Å². The molecule has 0 amide bonds. The molecule has 0 saturated carbocycles. The van der Waals surface area contributed by atoms with Crippen molar-refractivity contribution in [1.82, 2.24) is 0 Å². The van der Waals surface area contributed by atoms with Gasteiger partial charge in [-0.1, -0.05) is 42.0 Å². The highest BCUT2D eigenvalue weighted by molar-refractivity contribution is 6.61. The van der Waals surface area contributed by atoms with E-state index >= 15 is 0 Å². The van der Waals surface area contributed by atoms with Gasteiger partial charge in [-0.05, 0) is 6.92 Å². The van der Waals surface area contributed by atoms with Crippen LogP contribution < -0.4 is 0 Å². The molecule has 96 valence electrons. The monoisotopic (exact) mass is 254 g/mol. The van der Waals surface area contributed by atoms with Crippen LogP contribution in [0.25, 0.3) is 0 Å². The summed E-state index contributed by atoms with van der Waals surface area (Å²) in [5.41, 5.74) is 1.32. The molecule has 0 fully saturated rings. The van der Waals surface area contributed by atoms with Gasteiger partial charge < -0.3 is 13.3 Å². The Kier molecular flexibility index (Phi) is 8.62. The Bertz CT molecular complexity index is 289. The lowest BCUT2D eigenvalue weighted by Crippen LogP contribution is -2.41. The minimum Gasteiger partial charge on any atom is -0.377 e. The first-order valence-electron chi connectivity index (χ1n) is 5.42. The van der Waals surface area contributed by atoms with Gasteiger partial charge in [-0.15, -0.1) is 6.58 Å². The SMILES string of the molecule is C=CC[Si](OC)(OC)OC.Cc1ccccc1. The van der Waals surface area contributed by atoms with Crippen molar-refractivity contribution in [2.75, 3.05) is 21.3 Å². The molecule has 0 atom stereocenters. The van der Waals surface area contributed by atoms with Gasteiger partial charge in [0.15, 0.2) is 0 Å². The third kappa shape index (κ3) is 6.38. The zero-order chi connectivity index (χ0) is 13.1. The number of hydrogen-bond acceptors (Lipinski definition) is 3. The van der Waals surface area contributed by atoms with E-state index in [2.05, 4.69) is 25.6 Å². The summed E-state index contributed by atoms with van der Waals surface area (Å²) in [7, 11) is 2.42. The molecule has 0 bridgehead atoms. The van der Waals surface area contributed by atoms with Crippen molar-refractivity contribution < 1.29 is 13.3 Å². The molecule has 0 spiro atoms. The lowest BCUT2D eigenvalue weighted by atomic mass is 10.2. The molecule has 1 rings (SSSR count). The molecule has 0 unspecified atom stereocenters.